The SMILES string of the molecule is O=C(Nc1cccc(SC(C(=O)Nc2cccc3c2C(=O)c2ccccc2C3=O)c2ccccc2)c1)/C(=C\c1ccc(F)cc1)NC(=O)c1ccccc1. The van der Waals surface area contributed by atoms with E-state index in [1.807, 2.05) is 30.3 Å². The minimum absolute atomic E-state index is 0.0723. The van der Waals surface area contributed by atoms with Crippen molar-refractivity contribution in [3.63, 3.8) is 0 Å². The van der Waals surface area contributed by atoms with E-state index in [1.54, 1.807) is 97.1 Å². The van der Waals surface area contributed by atoms with Crippen LogP contribution in [0.3, 0.4) is 0 Å². The van der Waals surface area contributed by atoms with Crippen LogP contribution in [0.25, 0.3) is 6.08 Å². The minimum Gasteiger partial charge on any atom is -0.324 e. The Hall–Kier alpha value is -6.91. The van der Waals surface area contributed by atoms with Crippen LogP contribution in [0.5, 0.6) is 0 Å². The quantitative estimate of drug-likeness (QED) is 0.0959. The van der Waals surface area contributed by atoms with Gasteiger partial charge in [-0.25, -0.2) is 4.39 Å². The van der Waals surface area contributed by atoms with Crippen LogP contribution in [0, 0.1) is 5.82 Å². The lowest BCUT2D eigenvalue weighted by Crippen LogP contribution is -2.30. The maximum Gasteiger partial charge on any atom is 0.272 e. The van der Waals surface area contributed by atoms with Crippen LogP contribution in [-0.4, -0.2) is 29.3 Å². The van der Waals surface area contributed by atoms with Gasteiger partial charge in [-0.2, -0.15) is 0 Å². The molecule has 3 amide bonds. The van der Waals surface area contributed by atoms with E-state index in [0.717, 1.165) is 0 Å². The predicted octanol–water partition coefficient (Wildman–Crippen LogP) is 8.48. The molecule has 54 heavy (non-hydrogen) atoms. The van der Waals surface area contributed by atoms with E-state index >= 15 is 0 Å². The Morgan fingerprint density at radius 3 is 1.98 bits per heavy atom. The van der Waals surface area contributed by atoms with Crippen molar-refractivity contribution in [1.29, 1.82) is 0 Å². The number of rotatable bonds is 10. The van der Waals surface area contributed by atoms with Gasteiger partial charge in [-0.05, 0) is 65.7 Å². The zero-order valence-electron chi connectivity index (χ0n) is 28.4. The molecule has 0 saturated carbocycles. The van der Waals surface area contributed by atoms with E-state index in [4.69, 9.17) is 0 Å². The number of thioether (sulfide) groups is 1. The molecule has 0 heterocycles. The van der Waals surface area contributed by atoms with Gasteiger partial charge in [-0.3, -0.25) is 24.0 Å². The summed E-state index contributed by atoms with van der Waals surface area (Å²) >= 11 is 1.22. The number of carbonyl (C=O) groups excluding carboxylic acids is 5. The molecule has 0 fully saturated rings. The summed E-state index contributed by atoms with van der Waals surface area (Å²) in [5.74, 6) is -2.65. The normalized spacial score (nSPS) is 12.6. The van der Waals surface area contributed by atoms with E-state index in [-0.39, 0.29) is 39.6 Å². The summed E-state index contributed by atoms with van der Waals surface area (Å²) in [7, 11) is 0. The highest BCUT2D eigenvalue weighted by Gasteiger charge is 2.33. The fraction of sp³-hybridized carbons (Fsp3) is 0.0227. The van der Waals surface area contributed by atoms with Crippen molar-refractivity contribution in [2.45, 2.75) is 10.1 Å². The molecule has 0 bridgehead atoms. The molecule has 0 radical (unpaired) electrons. The van der Waals surface area contributed by atoms with Gasteiger partial charge >= 0.3 is 0 Å². The Kier molecular flexibility index (Phi) is 10.4. The number of carbonyl (C=O) groups is 5. The highest BCUT2D eigenvalue weighted by molar-refractivity contribution is 8.00. The largest absolute Gasteiger partial charge is 0.324 e. The molecule has 1 aliphatic rings. The molecule has 1 aliphatic carbocycles. The monoisotopic (exact) mass is 731 g/mol. The second-order valence-electron chi connectivity index (χ2n) is 12.2. The van der Waals surface area contributed by atoms with Gasteiger partial charge in [-0.1, -0.05) is 103 Å². The van der Waals surface area contributed by atoms with Crippen molar-refractivity contribution in [2.24, 2.45) is 0 Å². The van der Waals surface area contributed by atoms with E-state index in [1.165, 1.54) is 42.1 Å². The first-order chi connectivity index (χ1) is 26.2. The molecule has 264 valence electrons. The molecule has 0 aromatic heterocycles. The summed E-state index contributed by atoms with van der Waals surface area (Å²) in [5, 5.41) is 7.60. The zero-order valence-corrected chi connectivity index (χ0v) is 29.2. The molecule has 8 nitrogen and oxygen atoms in total. The molecule has 0 saturated heterocycles. The average molecular weight is 732 g/mol. The van der Waals surface area contributed by atoms with Gasteiger partial charge < -0.3 is 16.0 Å². The summed E-state index contributed by atoms with van der Waals surface area (Å²) in [5.41, 5.74) is 3.01. The van der Waals surface area contributed by atoms with Gasteiger partial charge in [0.25, 0.3) is 11.8 Å². The molecular formula is C44H30FN3O5S. The lowest BCUT2D eigenvalue weighted by molar-refractivity contribution is -0.116. The summed E-state index contributed by atoms with van der Waals surface area (Å²) in [6, 6.07) is 41.3. The smallest absolute Gasteiger partial charge is 0.272 e. The van der Waals surface area contributed by atoms with Crippen LogP contribution in [-0.2, 0) is 9.59 Å². The van der Waals surface area contributed by atoms with E-state index in [2.05, 4.69) is 16.0 Å². The molecule has 6 aromatic rings. The second kappa shape index (κ2) is 15.8. The molecule has 1 unspecified atom stereocenters. The fourth-order valence-corrected chi connectivity index (χ4v) is 7.08. The van der Waals surface area contributed by atoms with Gasteiger partial charge in [0.05, 0.1) is 11.3 Å². The number of halogens is 1. The molecule has 0 spiro atoms. The molecule has 7 rings (SSSR count). The first-order valence-corrected chi connectivity index (χ1v) is 17.7. The summed E-state index contributed by atoms with van der Waals surface area (Å²) in [4.78, 5) is 68.4. The number of fused-ring (bicyclic) bond motifs is 2. The Morgan fingerprint density at radius 2 is 1.26 bits per heavy atom. The van der Waals surface area contributed by atoms with Gasteiger partial charge in [0, 0.05) is 32.8 Å². The van der Waals surface area contributed by atoms with E-state index in [9.17, 15) is 28.4 Å². The summed E-state index contributed by atoms with van der Waals surface area (Å²) in [6.45, 7) is 0. The van der Waals surface area contributed by atoms with Crippen molar-refractivity contribution < 1.29 is 28.4 Å². The van der Waals surface area contributed by atoms with Crippen LogP contribution in [0.1, 0.15) is 58.6 Å². The summed E-state index contributed by atoms with van der Waals surface area (Å²) in [6.07, 6.45) is 1.45. The molecule has 10 heteroatoms. The molecule has 1 atom stereocenters. The Labute approximate surface area is 314 Å². The maximum atomic E-state index is 14.1. The zero-order chi connectivity index (χ0) is 37.6. The fourth-order valence-electron chi connectivity index (χ4n) is 6.00. The molecule has 0 aliphatic heterocycles. The van der Waals surface area contributed by atoms with Crippen LogP contribution in [0.2, 0.25) is 0 Å². The number of anilines is 2. The highest BCUT2D eigenvalue weighted by atomic mass is 32.2. The van der Waals surface area contributed by atoms with Crippen molar-refractivity contribution in [3.05, 3.63) is 202 Å². The molecule has 6 aromatic carbocycles. The Balaban J connectivity index is 1.14. The Morgan fingerprint density at radius 1 is 0.630 bits per heavy atom. The van der Waals surface area contributed by atoms with E-state index < -0.39 is 28.8 Å². The first-order valence-electron chi connectivity index (χ1n) is 16.8. The number of hydrogen-bond acceptors (Lipinski definition) is 6. The second-order valence-corrected chi connectivity index (χ2v) is 13.4. The third-order valence-electron chi connectivity index (χ3n) is 8.61. The number of benzene rings is 6. The average Bonchev–Trinajstić information content (AvgIpc) is 3.20. The summed E-state index contributed by atoms with van der Waals surface area (Å²) < 4.78 is 13.6. The maximum absolute atomic E-state index is 14.1. The van der Waals surface area contributed by atoms with Gasteiger partial charge in [0.15, 0.2) is 11.6 Å². The van der Waals surface area contributed by atoms with Gasteiger partial charge in [0.1, 0.15) is 16.8 Å². The van der Waals surface area contributed by atoms with Crippen LogP contribution in [0.15, 0.2) is 162 Å². The lowest BCUT2D eigenvalue weighted by atomic mass is 9.83. The highest BCUT2D eigenvalue weighted by Crippen LogP contribution is 2.39. The standard InChI is InChI=1S/C44H30FN3O5S/c45-30-23-21-27(22-24-30)25-37(48-42(51)29-13-5-2-6-14-29)43(52)46-31-15-9-16-32(26-31)54-41(28-11-3-1-4-12-28)44(53)47-36-20-10-19-35-38(36)40(50)34-18-8-7-17-33(34)39(35)49/h1-26,41H,(H,46,52)(H,47,53)(H,48,51)/b37-25+. The van der Waals surface area contributed by atoms with Crippen LogP contribution >= 0.6 is 11.8 Å². The van der Waals surface area contributed by atoms with Crippen LogP contribution in [0.4, 0.5) is 15.8 Å². The molecule has 3 N–H and O–H groups in total. The lowest BCUT2D eigenvalue weighted by Gasteiger charge is -2.22. The topological polar surface area (TPSA) is 121 Å². The minimum atomic E-state index is -0.811. The van der Waals surface area contributed by atoms with Gasteiger partial charge in [0.2, 0.25) is 5.91 Å². The number of hydrogen-bond donors (Lipinski definition) is 3. The van der Waals surface area contributed by atoms with Gasteiger partial charge in [-0.15, -0.1) is 11.8 Å². The van der Waals surface area contributed by atoms with Crippen molar-refractivity contribution in [3.8, 4) is 0 Å². The Bertz CT molecular complexity index is 2450. The predicted molar refractivity (Wildman–Crippen MR) is 207 cm³/mol. The third-order valence-corrected chi connectivity index (χ3v) is 9.85. The number of ketones is 2. The first kappa shape index (κ1) is 35.5. The van der Waals surface area contributed by atoms with Crippen molar-refractivity contribution >= 4 is 58.5 Å². The van der Waals surface area contributed by atoms with Crippen LogP contribution < -0.4 is 16.0 Å². The number of nitrogens with one attached hydrogen (secondary N) is 3. The van der Waals surface area contributed by atoms with Crippen molar-refractivity contribution in [2.75, 3.05) is 10.6 Å². The number of amides is 3. The molecular weight excluding hydrogens is 702 g/mol. The van der Waals surface area contributed by atoms with E-state index in [0.29, 0.717) is 32.8 Å². The third kappa shape index (κ3) is 7.79. The van der Waals surface area contributed by atoms with Crippen molar-refractivity contribution in [1.82, 2.24) is 5.32 Å².